The van der Waals surface area contributed by atoms with Crippen molar-refractivity contribution in [2.45, 2.75) is 46.1 Å². The molecule has 1 aromatic rings. The number of piperidine rings is 1. The van der Waals surface area contributed by atoms with E-state index in [1.54, 1.807) is 13.8 Å². The first-order valence-electron chi connectivity index (χ1n) is 8.65. The minimum Gasteiger partial charge on any atom is -0.465 e. The van der Waals surface area contributed by atoms with Crippen LogP contribution in [0.5, 0.6) is 0 Å². The first kappa shape index (κ1) is 19.6. The molecule has 2 amide bonds. The molecule has 1 aromatic carbocycles. The SMILES string of the molecule is CC(C(=O)N1CCC(c2ccc(Cl)cc2)C(C)(C)C1)[C@@H](C)NC(=O)O. The van der Waals surface area contributed by atoms with E-state index >= 15 is 0 Å². The van der Waals surface area contributed by atoms with E-state index in [4.69, 9.17) is 16.7 Å². The molecule has 0 saturated carbocycles. The standard InChI is InChI=1S/C19H27ClN2O3/c1-12(13(2)21-18(24)25)17(23)22-10-9-16(19(3,4)11-22)14-5-7-15(20)8-6-14/h5-8,12-13,16,21H,9-11H2,1-4H3,(H,24,25)/t12?,13-,16?/m1/s1. The van der Waals surface area contributed by atoms with E-state index in [9.17, 15) is 9.59 Å². The summed E-state index contributed by atoms with van der Waals surface area (Å²) < 4.78 is 0. The number of carbonyl (C=O) groups is 2. The number of nitrogens with one attached hydrogen (secondary N) is 1. The third kappa shape index (κ3) is 4.66. The molecule has 0 spiro atoms. The van der Waals surface area contributed by atoms with Gasteiger partial charge in [-0.05, 0) is 42.4 Å². The van der Waals surface area contributed by atoms with Gasteiger partial charge in [-0.3, -0.25) is 4.79 Å². The van der Waals surface area contributed by atoms with Crippen LogP contribution in [-0.4, -0.2) is 41.1 Å². The third-order valence-corrected chi connectivity index (χ3v) is 5.56. The molecule has 0 bridgehead atoms. The Bertz CT molecular complexity index is 630. The number of likely N-dealkylation sites (tertiary alicyclic amines) is 1. The molecule has 0 aromatic heterocycles. The number of carboxylic acid groups (broad SMARTS) is 1. The molecule has 2 unspecified atom stereocenters. The number of hydrogen-bond donors (Lipinski definition) is 2. The van der Waals surface area contributed by atoms with Crippen molar-refractivity contribution in [3.63, 3.8) is 0 Å². The summed E-state index contributed by atoms with van der Waals surface area (Å²) in [4.78, 5) is 25.4. The molecule has 1 aliphatic heterocycles. The van der Waals surface area contributed by atoms with Gasteiger partial charge in [0.1, 0.15) is 0 Å². The van der Waals surface area contributed by atoms with Crippen molar-refractivity contribution in [3.8, 4) is 0 Å². The quantitative estimate of drug-likeness (QED) is 0.846. The molecule has 3 atom stereocenters. The fourth-order valence-corrected chi connectivity index (χ4v) is 3.81. The van der Waals surface area contributed by atoms with E-state index in [0.29, 0.717) is 19.0 Å². The van der Waals surface area contributed by atoms with Gasteiger partial charge in [0, 0.05) is 24.2 Å². The van der Waals surface area contributed by atoms with E-state index < -0.39 is 12.1 Å². The Kier molecular flexibility index (Phi) is 5.99. The Balaban J connectivity index is 2.07. The van der Waals surface area contributed by atoms with Gasteiger partial charge in [-0.2, -0.15) is 0 Å². The van der Waals surface area contributed by atoms with Crippen molar-refractivity contribution in [3.05, 3.63) is 34.9 Å². The van der Waals surface area contributed by atoms with Crippen LogP contribution in [0, 0.1) is 11.3 Å². The van der Waals surface area contributed by atoms with Gasteiger partial charge in [-0.15, -0.1) is 0 Å². The summed E-state index contributed by atoms with van der Waals surface area (Å²) in [5.41, 5.74) is 1.18. The summed E-state index contributed by atoms with van der Waals surface area (Å²) in [5, 5.41) is 11.9. The number of rotatable bonds is 4. The summed E-state index contributed by atoms with van der Waals surface area (Å²) in [5.74, 6) is -0.0263. The molecule has 1 heterocycles. The lowest BCUT2D eigenvalue weighted by atomic mass is 9.70. The number of carbonyl (C=O) groups excluding carboxylic acids is 1. The predicted octanol–water partition coefficient (Wildman–Crippen LogP) is 3.97. The van der Waals surface area contributed by atoms with Crippen LogP contribution < -0.4 is 5.32 Å². The maximum absolute atomic E-state index is 12.8. The molecule has 25 heavy (non-hydrogen) atoms. The third-order valence-electron chi connectivity index (χ3n) is 5.30. The van der Waals surface area contributed by atoms with Gasteiger partial charge >= 0.3 is 6.09 Å². The number of amides is 2. The van der Waals surface area contributed by atoms with Crippen LogP contribution in [0.3, 0.4) is 0 Å². The van der Waals surface area contributed by atoms with Gasteiger partial charge in [-0.25, -0.2) is 4.79 Å². The average molecular weight is 367 g/mol. The fraction of sp³-hybridized carbons (Fsp3) is 0.579. The van der Waals surface area contributed by atoms with Crippen LogP contribution in [0.15, 0.2) is 24.3 Å². The molecule has 2 rings (SSSR count). The highest BCUT2D eigenvalue weighted by Gasteiger charge is 2.39. The van der Waals surface area contributed by atoms with Gasteiger partial charge in [0.2, 0.25) is 5.91 Å². The van der Waals surface area contributed by atoms with Gasteiger partial charge in [-0.1, -0.05) is 44.5 Å². The predicted molar refractivity (Wildman–Crippen MR) is 99.0 cm³/mol. The van der Waals surface area contributed by atoms with Crippen LogP contribution in [0.2, 0.25) is 5.02 Å². The van der Waals surface area contributed by atoms with Crippen molar-refractivity contribution >= 4 is 23.6 Å². The number of hydrogen-bond acceptors (Lipinski definition) is 2. The Labute approximate surface area is 154 Å². The highest BCUT2D eigenvalue weighted by Crippen LogP contribution is 2.42. The minimum atomic E-state index is -1.10. The van der Waals surface area contributed by atoms with Crippen LogP contribution in [0.25, 0.3) is 0 Å². The maximum Gasteiger partial charge on any atom is 0.404 e. The lowest BCUT2D eigenvalue weighted by Gasteiger charge is -2.45. The van der Waals surface area contributed by atoms with Crippen LogP contribution in [-0.2, 0) is 4.79 Å². The van der Waals surface area contributed by atoms with Crippen LogP contribution in [0.1, 0.15) is 45.6 Å². The molecular weight excluding hydrogens is 340 g/mol. The van der Waals surface area contributed by atoms with Gasteiger partial charge in [0.15, 0.2) is 0 Å². The van der Waals surface area contributed by atoms with Crippen molar-refractivity contribution in [2.75, 3.05) is 13.1 Å². The Morgan fingerprint density at radius 1 is 1.28 bits per heavy atom. The molecule has 1 saturated heterocycles. The van der Waals surface area contributed by atoms with E-state index in [1.165, 1.54) is 5.56 Å². The largest absolute Gasteiger partial charge is 0.465 e. The summed E-state index contributed by atoms with van der Waals surface area (Å²) in [6.45, 7) is 9.19. The molecule has 138 valence electrons. The lowest BCUT2D eigenvalue weighted by molar-refractivity contribution is -0.139. The summed E-state index contributed by atoms with van der Waals surface area (Å²) in [6.07, 6.45) is -0.220. The minimum absolute atomic E-state index is 0.00359. The smallest absolute Gasteiger partial charge is 0.404 e. The second kappa shape index (κ2) is 7.65. The van der Waals surface area contributed by atoms with E-state index in [0.717, 1.165) is 11.4 Å². The zero-order valence-electron chi connectivity index (χ0n) is 15.3. The molecule has 0 radical (unpaired) electrons. The fourth-order valence-electron chi connectivity index (χ4n) is 3.68. The van der Waals surface area contributed by atoms with Crippen molar-refractivity contribution in [2.24, 2.45) is 11.3 Å². The van der Waals surface area contributed by atoms with Gasteiger partial charge in [0.25, 0.3) is 0 Å². The molecule has 0 aliphatic carbocycles. The molecule has 6 heteroatoms. The monoisotopic (exact) mass is 366 g/mol. The molecule has 1 aliphatic rings. The zero-order chi connectivity index (χ0) is 18.8. The number of benzene rings is 1. The first-order chi connectivity index (χ1) is 11.6. The molecule has 2 N–H and O–H groups in total. The second-order valence-electron chi connectivity index (χ2n) is 7.67. The summed E-state index contributed by atoms with van der Waals surface area (Å²) >= 11 is 5.99. The van der Waals surface area contributed by atoms with Gasteiger partial charge in [0.05, 0.1) is 5.92 Å². The van der Waals surface area contributed by atoms with E-state index in [-0.39, 0.29) is 17.2 Å². The molecule has 5 nitrogen and oxygen atoms in total. The average Bonchev–Trinajstić information content (AvgIpc) is 2.53. The van der Waals surface area contributed by atoms with Crippen molar-refractivity contribution in [1.82, 2.24) is 10.2 Å². The van der Waals surface area contributed by atoms with Crippen LogP contribution in [0.4, 0.5) is 4.79 Å². The number of nitrogens with zero attached hydrogens (tertiary/aromatic N) is 1. The topological polar surface area (TPSA) is 69.6 Å². The van der Waals surface area contributed by atoms with Crippen LogP contribution >= 0.6 is 11.6 Å². The Hall–Kier alpha value is -1.75. The maximum atomic E-state index is 12.8. The second-order valence-corrected chi connectivity index (χ2v) is 8.10. The molecular formula is C19H27ClN2O3. The van der Waals surface area contributed by atoms with Crippen molar-refractivity contribution in [1.29, 1.82) is 0 Å². The zero-order valence-corrected chi connectivity index (χ0v) is 16.0. The summed E-state index contributed by atoms with van der Waals surface area (Å²) in [7, 11) is 0. The number of halogens is 1. The van der Waals surface area contributed by atoms with Crippen molar-refractivity contribution < 1.29 is 14.7 Å². The van der Waals surface area contributed by atoms with Gasteiger partial charge < -0.3 is 15.3 Å². The Morgan fingerprint density at radius 3 is 2.40 bits per heavy atom. The normalized spacial score (nSPS) is 22.1. The van der Waals surface area contributed by atoms with E-state index in [1.807, 2.05) is 17.0 Å². The highest BCUT2D eigenvalue weighted by atomic mass is 35.5. The highest BCUT2D eigenvalue weighted by molar-refractivity contribution is 6.30. The summed E-state index contributed by atoms with van der Waals surface area (Å²) in [6, 6.07) is 7.53. The first-order valence-corrected chi connectivity index (χ1v) is 9.03. The molecule has 1 fully saturated rings. The Morgan fingerprint density at radius 2 is 1.88 bits per heavy atom. The van der Waals surface area contributed by atoms with E-state index in [2.05, 4.69) is 31.3 Å². The lowest BCUT2D eigenvalue weighted by Crippen LogP contribution is -2.51.